The maximum absolute atomic E-state index is 13.8. The minimum Gasteiger partial charge on any atom is -0.310 e. The zero-order chi connectivity index (χ0) is 15.1. The first-order chi connectivity index (χ1) is 10.7. The van der Waals surface area contributed by atoms with Crippen molar-refractivity contribution >= 4 is 0 Å². The Morgan fingerprint density at radius 3 is 2.91 bits per heavy atom. The first kappa shape index (κ1) is 13.6. The molecule has 0 spiro atoms. The van der Waals surface area contributed by atoms with E-state index in [0.717, 1.165) is 36.5 Å². The van der Waals surface area contributed by atoms with E-state index in [-0.39, 0.29) is 11.4 Å². The fourth-order valence-corrected chi connectivity index (χ4v) is 3.07. The van der Waals surface area contributed by atoms with E-state index in [9.17, 15) is 9.18 Å². The molecule has 4 nitrogen and oxygen atoms in total. The first-order valence-electron chi connectivity index (χ1n) is 7.78. The Morgan fingerprint density at radius 1 is 1.32 bits per heavy atom. The van der Waals surface area contributed by atoms with E-state index in [4.69, 9.17) is 0 Å². The van der Waals surface area contributed by atoms with Crippen molar-refractivity contribution in [3.05, 3.63) is 63.1 Å². The van der Waals surface area contributed by atoms with Gasteiger partial charge in [-0.2, -0.15) is 0 Å². The molecule has 1 N–H and O–H groups in total. The van der Waals surface area contributed by atoms with E-state index in [1.807, 2.05) is 12.1 Å². The molecule has 0 radical (unpaired) electrons. The number of benzene rings is 1. The molecule has 114 valence electrons. The van der Waals surface area contributed by atoms with E-state index in [2.05, 4.69) is 14.9 Å². The quantitative estimate of drug-likeness (QED) is 0.946. The topological polar surface area (TPSA) is 49.0 Å². The summed E-state index contributed by atoms with van der Waals surface area (Å²) in [6.07, 6.45) is 2.90. The van der Waals surface area contributed by atoms with Crippen LogP contribution in [0.25, 0.3) is 0 Å². The van der Waals surface area contributed by atoms with Crippen LogP contribution in [0.4, 0.5) is 4.39 Å². The summed E-state index contributed by atoms with van der Waals surface area (Å²) < 4.78 is 13.8. The van der Waals surface area contributed by atoms with Gasteiger partial charge >= 0.3 is 0 Å². The maximum Gasteiger partial charge on any atom is 0.254 e. The lowest BCUT2D eigenvalue weighted by Gasteiger charge is -2.27. The van der Waals surface area contributed by atoms with Crippen LogP contribution >= 0.6 is 0 Å². The predicted molar refractivity (Wildman–Crippen MR) is 81.1 cm³/mol. The second-order valence-corrected chi connectivity index (χ2v) is 6.20. The number of hydrogen-bond acceptors (Lipinski definition) is 3. The van der Waals surface area contributed by atoms with Crippen molar-refractivity contribution in [1.82, 2.24) is 14.9 Å². The van der Waals surface area contributed by atoms with Crippen LogP contribution in [0.5, 0.6) is 0 Å². The molecule has 0 unspecified atom stereocenters. The van der Waals surface area contributed by atoms with Gasteiger partial charge in [-0.05, 0) is 25.3 Å². The van der Waals surface area contributed by atoms with Crippen molar-refractivity contribution in [2.75, 3.05) is 6.54 Å². The van der Waals surface area contributed by atoms with Gasteiger partial charge in [0, 0.05) is 36.7 Å². The molecule has 1 saturated carbocycles. The summed E-state index contributed by atoms with van der Waals surface area (Å²) >= 11 is 0. The van der Waals surface area contributed by atoms with Gasteiger partial charge in [0.15, 0.2) is 0 Å². The fourth-order valence-electron chi connectivity index (χ4n) is 3.07. The van der Waals surface area contributed by atoms with Crippen LogP contribution in [0.1, 0.15) is 41.4 Å². The molecule has 2 heterocycles. The number of hydrogen-bond donors (Lipinski definition) is 1. The van der Waals surface area contributed by atoms with Gasteiger partial charge in [0.25, 0.3) is 5.56 Å². The summed E-state index contributed by atoms with van der Waals surface area (Å²) in [6.45, 7) is 1.93. The summed E-state index contributed by atoms with van der Waals surface area (Å²) in [5.74, 6) is 1.09. The molecular weight excluding hydrogens is 281 g/mol. The van der Waals surface area contributed by atoms with E-state index < -0.39 is 0 Å². The second-order valence-electron chi connectivity index (χ2n) is 6.20. The van der Waals surface area contributed by atoms with E-state index in [1.165, 1.54) is 6.07 Å². The second kappa shape index (κ2) is 5.32. The molecule has 22 heavy (non-hydrogen) atoms. The van der Waals surface area contributed by atoms with E-state index >= 15 is 0 Å². The van der Waals surface area contributed by atoms with Crippen molar-refractivity contribution < 1.29 is 4.39 Å². The fraction of sp³-hybridized carbons (Fsp3) is 0.412. The molecule has 1 aliphatic carbocycles. The Labute approximate surface area is 128 Å². The minimum atomic E-state index is -0.175. The summed E-state index contributed by atoms with van der Waals surface area (Å²) in [7, 11) is 0. The van der Waals surface area contributed by atoms with Crippen molar-refractivity contribution in [2.45, 2.75) is 38.3 Å². The molecule has 1 aromatic carbocycles. The molecule has 0 atom stereocenters. The van der Waals surface area contributed by atoms with Crippen LogP contribution in [0.15, 0.2) is 29.1 Å². The predicted octanol–water partition coefficient (Wildman–Crippen LogP) is 2.34. The normalized spacial score (nSPS) is 18.2. The highest BCUT2D eigenvalue weighted by molar-refractivity contribution is 5.24. The lowest BCUT2D eigenvalue weighted by atomic mass is 10.1. The highest BCUT2D eigenvalue weighted by Crippen LogP contribution is 2.37. The zero-order valence-electron chi connectivity index (χ0n) is 12.3. The number of nitrogens with one attached hydrogen (secondary N) is 1. The van der Waals surface area contributed by atoms with Crippen molar-refractivity contribution in [3.63, 3.8) is 0 Å². The summed E-state index contributed by atoms with van der Waals surface area (Å²) in [5.41, 5.74) is 2.37. The average molecular weight is 299 g/mol. The van der Waals surface area contributed by atoms with Crippen LogP contribution in [0.2, 0.25) is 0 Å². The molecule has 0 amide bonds. The van der Waals surface area contributed by atoms with Crippen LogP contribution < -0.4 is 5.56 Å². The Kier molecular flexibility index (Phi) is 3.30. The number of H-pyrrole nitrogens is 1. The summed E-state index contributed by atoms with van der Waals surface area (Å²) in [6, 6.07) is 6.85. The van der Waals surface area contributed by atoms with Crippen LogP contribution in [0.3, 0.4) is 0 Å². The van der Waals surface area contributed by atoms with Crippen LogP contribution in [0, 0.1) is 5.82 Å². The third kappa shape index (κ3) is 2.57. The minimum absolute atomic E-state index is 0.0115. The number of nitrogens with zero attached hydrogens (tertiary/aromatic N) is 2. The number of halogens is 1. The summed E-state index contributed by atoms with van der Waals surface area (Å²) in [5, 5.41) is 0. The third-order valence-electron chi connectivity index (χ3n) is 4.49. The Bertz CT molecular complexity index is 767. The molecule has 0 saturated heterocycles. The monoisotopic (exact) mass is 299 g/mol. The lowest BCUT2D eigenvalue weighted by molar-refractivity contribution is 0.237. The highest BCUT2D eigenvalue weighted by atomic mass is 19.1. The standard InChI is InChI=1S/C17H18FN3O/c18-14-4-2-1-3-12(14)9-21-8-7-13-15(10-21)19-16(11-5-6-11)20-17(13)22/h1-4,11H,5-10H2,(H,19,20,22). The molecule has 1 fully saturated rings. The van der Waals surface area contributed by atoms with Crippen LogP contribution in [-0.2, 0) is 19.5 Å². The number of fused-ring (bicyclic) bond motifs is 1. The Balaban J connectivity index is 1.58. The molecule has 1 aromatic heterocycles. The van der Waals surface area contributed by atoms with Gasteiger partial charge in [-0.3, -0.25) is 9.69 Å². The van der Waals surface area contributed by atoms with Crippen LogP contribution in [-0.4, -0.2) is 21.4 Å². The molecule has 2 aliphatic rings. The third-order valence-corrected chi connectivity index (χ3v) is 4.49. The maximum atomic E-state index is 13.8. The summed E-state index contributed by atoms with van der Waals surface area (Å²) in [4.78, 5) is 21.9. The molecular formula is C17H18FN3O. The molecule has 4 rings (SSSR count). The lowest BCUT2D eigenvalue weighted by Crippen LogP contribution is -2.35. The number of rotatable bonds is 3. The molecule has 1 aliphatic heterocycles. The van der Waals surface area contributed by atoms with Crippen molar-refractivity contribution in [1.29, 1.82) is 0 Å². The van der Waals surface area contributed by atoms with Crippen molar-refractivity contribution in [3.8, 4) is 0 Å². The molecule has 5 heteroatoms. The smallest absolute Gasteiger partial charge is 0.254 e. The highest BCUT2D eigenvalue weighted by Gasteiger charge is 2.29. The number of aromatic amines is 1. The molecule has 2 aromatic rings. The number of aromatic nitrogens is 2. The van der Waals surface area contributed by atoms with Gasteiger partial charge < -0.3 is 4.98 Å². The van der Waals surface area contributed by atoms with Gasteiger partial charge in [0.05, 0.1) is 5.69 Å². The van der Waals surface area contributed by atoms with Crippen molar-refractivity contribution in [2.24, 2.45) is 0 Å². The van der Waals surface area contributed by atoms with E-state index in [0.29, 0.717) is 31.0 Å². The Hall–Kier alpha value is -2.01. The molecule has 0 bridgehead atoms. The van der Waals surface area contributed by atoms with Gasteiger partial charge in [-0.1, -0.05) is 18.2 Å². The zero-order valence-corrected chi connectivity index (χ0v) is 12.3. The van der Waals surface area contributed by atoms with Gasteiger partial charge in [0.1, 0.15) is 11.6 Å². The SMILES string of the molecule is O=c1[nH]c(C2CC2)nc2c1CCN(Cc1ccccc1F)C2. The average Bonchev–Trinajstić information content (AvgIpc) is 3.34. The van der Waals surface area contributed by atoms with Gasteiger partial charge in [0.2, 0.25) is 0 Å². The van der Waals surface area contributed by atoms with Gasteiger partial charge in [-0.25, -0.2) is 9.37 Å². The Morgan fingerprint density at radius 2 is 2.14 bits per heavy atom. The van der Waals surface area contributed by atoms with Gasteiger partial charge in [-0.15, -0.1) is 0 Å². The first-order valence-corrected chi connectivity index (χ1v) is 7.78. The largest absolute Gasteiger partial charge is 0.310 e. The van der Waals surface area contributed by atoms with E-state index in [1.54, 1.807) is 6.07 Å².